The van der Waals surface area contributed by atoms with Gasteiger partial charge in [-0.05, 0) is 97.2 Å². The Morgan fingerprint density at radius 3 is 1.28 bits per heavy atom. The molecule has 0 aromatic heterocycles. The van der Waals surface area contributed by atoms with E-state index in [4.69, 9.17) is 9.47 Å². The smallest absolute Gasteiger partial charge is 0.119 e. The Morgan fingerprint density at radius 1 is 0.656 bits per heavy atom. The highest BCUT2D eigenvalue weighted by atomic mass is 16.5. The molecule has 2 rings (SSSR count). The van der Waals surface area contributed by atoms with Crippen molar-refractivity contribution in [1.82, 2.24) is 0 Å². The van der Waals surface area contributed by atoms with Gasteiger partial charge in [-0.15, -0.1) is 0 Å². The van der Waals surface area contributed by atoms with E-state index in [1.807, 2.05) is 48.5 Å². The number of benzene rings is 2. The summed E-state index contributed by atoms with van der Waals surface area (Å²) in [6.07, 6.45) is 2.87. The Labute approximate surface area is 191 Å². The van der Waals surface area contributed by atoms with Crippen LogP contribution in [0, 0.1) is 11.8 Å². The molecule has 2 N–H and O–H groups in total. The fourth-order valence-corrected chi connectivity index (χ4v) is 3.10. The zero-order chi connectivity index (χ0) is 23.3. The minimum atomic E-state index is 0.465. The quantitative estimate of drug-likeness (QED) is 0.164. The van der Waals surface area contributed by atoms with Gasteiger partial charge in [0.25, 0.3) is 0 Å². The number of rotatable bonds is 13. The molecule has 0 heterocycles. The fourth-order valence-electron chi connectivity index (χ4n) is 3.10. The van der Waals surface area contributed by atoms with Gasteiger partial charge in [-0.1, -0.05) is 38.0 Å². The van der Waals surface area contributed by atoms with Gasteiger partial charge in [0.2, 0.25) is 0 Å². The molecule has 6 heteroatoms. The van der Waals surface area contributed by atoms with E-state index in [0.29, 0.717) is 49.3 Å². The summed E-state index contributed by atoms with van der Waals surface area (Å²) in [5.74, 6) is 2.55. The van der Waals surface area contributed by atoms with Gasteiger partial charge in [-0.25, -0.2) is 0 Å². The number of hydrogen-bond acceptors (Lipinski definition) is 6. The summed E-state index contributed by atoms with van der Waals surface area (Å²) in [6, 6.07) is 15.2. The van der Waals surface area contributed by atoms with Crippen LogP contribution in [-0.2, 0) is 0 Å². The van der Waals surface area contributed by atoms with Gasteiger partial charge in [-0.2, -0.15) is 0 Å². The number of ether oxygens (including phenoxy) is 2. The van der Waals surface area contributed by atoms with Crippen LogP contribution in [0.4, 0.5) is 0 Å². The second-order valence-electron chi connectivity index (χ2n) is 8.76. The molecule has 0 radical (unpaired) electrons. The molecule has 0 atom stereocenters. The zero-order valence-corrected chi connectivity index (χ0v) is 19.6. The van der Waals surface area contributed by atoms with Crippen LogP contribution in [-0.4, -0.2) is 35.1 Å². The lowest BCUT2D eigenvalue weighted by Gasteiger charge is -2.11. The van der Waals surface area contributed by atoms with Crippen molar-refractivity contribution in [2.24, 2.45) is 22.1 Å². The van der Waals surface area contributed by atoms with Gasteiger partial charge >= 0.3 is 0 Å². The van der Waals surface area contributed by atoms with Crippen LogP contribution in [0.3, 0.4) is 0 Å². The predicted octanol–water partition coefficient (Wildman–Crippen LogP) is 6.37. The molecule has 174 valence electrons. The summed E-state index contributed by atoms with van der Waals surface area (Å²) in [5.41, 5.74) is 3.01. The first-order valence-electron chi connectivity index (χ1n) is 11.3. The van der Waals surface area contributed by atoms with Crippen molar-refractivity contribution < 1.29 is 19.9 Å². The summed E-state index contributed by atoms with van der Waals surface area (Å²) in [7, 11) is 0. The van der Waals surface area contributed by atoms with Crippen LogP contribution >= 0.6 is 0 Å². The lowest BCUT2D eigenvalue weighted by atomic mass is 10.0. The lowest BCUT2D eigenvalue weighted by Crippen LogP contribution is -2.06. The molecule has 0 aliphatic carbocycles. The second-order valence-corrected chi connectivity index (χ2v) is 8.76. The second kappa shape index (κ2) is 13.4. The van der Waals surface area contributed by atoms with E-state index in [1.165, 1.54) is 0 Å². The normalized spacial score (nSPS) is 12.4. The predicted molar refractivity (Wildman–Crippen MR) is 129 cm³/mol. The fraction of sp³-hybridized carbons (Fsp3) is 0.462. The summed E-state index contributed by atoms with van der Waals surface area (Å²) in [4.78, 5) is 0. The minimum absolute atomic E-state index is 0.465. The first-order chi connectivity index (χ1) is 15.4. The van der Waals surface area contributed by atoms with Crippen LogP contribution in [0.2, 0.25) is 0 Å². The third-order valence-corrected chi connectivity index (χ3v) is 4.86. The van der Waals surface area contributed by atoms with Gasteiger partial charge in [-0.3, -0.25) is 0 Å². The maximum atomic E-state index is 9.44. The molecule has 0 spiro atoms. The molecule has 0 bridgehead atoms. The number of nitrogens with zero attached hydrogens (tertiary/aromatic N) is 2. The van der Waals surface area contributed by atoms with Crippen LogP contribution in [0.25, 0.3) is 0 Å². The first kappa shape index (κ1) is 25.2. The topological polar surface area (TPSA) is 83.6 Å². The summed E-state index contributed by atoms with van der Waals surface area (Å²) < 4.78 is 11.4. The van der Waals surface area contributed by atoms with Crippen LogP contribution in [0.1, 0.15) is 64.5 Å². The molecule has 0 aliphatic heterocycles. The van der Waals surface area contributed by atoms with Crippen molar-refractivity contribution in [1.29, 1.82) is 0 Å². The molecule has 0 fully saturated rings. The molecule has 0 amide bonds. The molecular formula is C26H36N2O4. The minimum Gasteiger partial charge on any atom is -0.493 e. The molecule has 0 saturated heterocycles. The molecule has 6 nitrogen and oxygen atoms in total. The van der Waals surface area contributed by atoms with E-state index in [-0.39, 0.29) is 0 Å². The Hall–Kier alpha value is -3.02. The SMILES string of the molecule is CC(C)COc1ccc(C(CCCCC(=NO)c2ccc(OCC(C)C)cc2)=NO)cc1. The van der Waals surface area contributed by atoms with Crippen molar-refractivity contribution in [2.75, 3.05) is 13.2 Å². The highest BCUT2D eigenvalue weighted by molar-refractivity contribution is 6.01. The van der Waals surface area contributed by atoms with Crippen LogP contribution < -0.4 is 9.47 Å². The van der Waals surface area contributed by atoms with Crippen molar-refractivity contribution in [3.05, 3.63) is 59.7 Å². The Bertz CT molecular complexity index is 783. The molecule has 2 aromatic carbocycles. The summed E-state index contributed by atoms with van der Waals surface area (Å²) in [6.45, 7) is 9.76. The monoisotopic (exact) mass is 440 g/mol. The van der Waals surface area contributed by atoms with Gasteiger partial charge in [0, 0.05) is 0 Å². The maximum Gasteiger partial charge on any atom is 0.119 e. The van der Waals surface area contributed by atoms with E-state index in [9.17, 15) is 10.4 Å². The van der Waals surface area contributed by atoms with Crippen LogP contribution in [0.5, 0.6) is 11.5 Å². The number of unbranched alkanes of at least 4 members (excludes halogenated alkanes) is 1. The largest absolute Gasteiger partial charge is 0.493 e. The average molecular weight is 441 g/mol. The van der Waals surface area contributed by atoms with E-state index >= 15 is 0 Å². The number of oxime groups is 2. The van der Waals surface area contributed by atoms with Gasteiger partial charge in [0.15, 0.2) is 0 Å². The van der Waals surface area contributed by atoms with E-state index in [0.717, 1.165) is 35.5 Å². The van der Waals surface area contributed by atoms with Crippen LogP contribution in [0.15, 0.2) is 58.8 Å². The average Bonchev–Trinajstić information content (AvgIpc) is 2.80. The molecule has 2 aromatic rings. The highest BCUT2D eigenvalue weighted by Crippen LogP contribution is 2.18. The first-order valence-corrected chi connectivity index (χ1v) is 11.3. The highest BCUT2D eigenvalue weighted by Gasteiger charge is 2.09. The van der Waals surface area contributed by atoms with E-state index in [1.54, 1.807) is 0 Å². The molecule has 0 saturated carbocycles. The maximum absolute atomic E-state index is 9.44. The van der Waals surface area contributed by atoms with Gasteiger partial charge < -0.3 is 19.9 Å². The molecule has 32 heavy (non-hydrogen) atoms. The summed E-state index contributed by atoms with van der Waals surface area (Å²) in [5, 5.41) is 25.8. The third-order valence-electron chi connectivity index (χ3n) is 4.86. The van der Waals surface area contributed by atoms with E-state index in [2.05, 4.69) is 38.0 Å². The van der Waals surface area contributed by atoms with Gasteiger partial charge in [0.1, 0.15) is 11.5 Å². The Balaban J connectivity index is 1.82. The Morgan fingerprint density at radius 2 is 1.00 bits per heavy atom. The van der Waals surface area contributed by atoms with Crippen molar-refractivity contribution in [3.63, 3.8) is 0 Å². The van der Waals surface area contributed by atoms with Crippen molar-refractivity contribution in [2.45, 2.75) is 53.4 Å². The van der Waals surface area contributed by atoms with E-state index < -0.39 is 0 Å². The molecule has 0 aliphatic rings. The number of hydrogen-bond donors (Lipinski definition) is 2. The standard InChI is InChI=1S/C26H36N2O4/c1-19(2)17-31-23-13-9-21(10-14-23)25(27-29)7-5-6-8-26(28-30)22-11-15-24(16-12-22)32-18-20(3)4/h9-16,19-20,29-30H,5-8,17-18H2,1-4H3. The summed E-state index contributed by atoms with van der Waals surface area (Å²) >= 11 is 0. The third kappa shape index (κ3) is 8.61. The van der Waals surface area contributed by atoms with Crippen molar-refractivity contribution in [3.8, 4) is 11.5 Å². The van der Waals surface area contributed by atoms with Gasteiger partial charge in [0.05, 0.1) is 24.6 Å². The molecule has 0 unspecified atom stereocenters. The zero-order valence-electron chi connectivity index (χ0n) is 19.6. The lowest BCUT2D eigenvalue weighted by molar-refractivity contribution is 0.271. The Kier molecular flexibility index (Phi) is 10.6. The molecular weight excluding hydrogens is 404 g/mol. The van der Waals surface area contributed by atoms with Crippen molar-refractivity contribution >= 4 is 11.4 Å².